The van der Waals surface area contributed by atoms with E-state index in [2.05, 4.69) is 41.0 Å². The molecule has 0 unspecified atom stereocenters. The van der Waals surface area contributed by atoms with Crippen LogP contribution >= 0.6 is 23.1 Å². The Morgan fingerprint density at radius 1 is 1.35 bits per heavy atom. The molecule has 3 rings (SSSR count). The largest absolute Gasteiger partial charge is 0.308 e. The van der Waals surface area contributed by atoms with Gasteiger partial charge in [-0.15, -0.1) is 11.3 Å². The van der Waals surface area contributed by atoms with Gasteiger partial charge in [-0.1, -0.05) is 0 Å². The van der Waals surface area contributed by atoms with E-state index in [1.54, 1.807) is 11.3 Å². The van der Waals surface area contributed by atoms with Crippen molar-refractivity contribution in [3.8, 4) is 0 Å². The zero-order chi connectivity index (χ0) is 14.1. The van der Waals surface area contributed by atoms with Crippen LogP contribution in [-0.2, 0) is 6.54 Å². The molecule has 0 aliphatic heterocycles. The summed E-state index contributed by atoms with van der Waals surface area (Å²) in [5.74, 6) is 0. The van der Waals surface area contributed by atoms with E-state index in [9.17, 15) is 0 Å². The van der Waals surface area contributed by atoms with Gasteiger partial charge in [0.15, 0.2) is 4.96 Å². The van der Waals surface area contributed by atoms with Crippen molar-refractivity contribution in [3.63, 3.8) is 0 Å². The van der Waals surface area contributed by atoms with E-state index in [0.717, 1.165) is 16.8 Å². The molecule has 20 heavy (non-hydrogen) atoms. The summed E-state index contributed by atoms with van der Waals surface area (Å²) in [5, 5.41) is 4.63. The van der Waals surface area contributed by atoms with Crippen molar-refractivity contribution in [1.29, 1.82) is 0 Å². The molecule has 0 saturated heterocycles. The number of hydrogen-bond acceptors (Lipinski definition) is 4. The van der Waals surface area contributed by atoms with E-state index >= 15 is 0 Å². The minimum Gasteiger partial charge on any atom is -0.308 e. The predicted octanol–water partition coefficient (Wildman–Crippen LogP) is 3.78. The van der Waals surface area contributed by atoms with Crippen LogP contribution in [0.4, 0.5) is 0 Å². The Kier molecular flexibility index (Phi) is 4.38. The lowest BCUT2D eigenvalue weighted by Crippen LogP contribution is -2.33. The zero-order valence-corrected chi connectivity index (χ0v) is 14.1. The fraction of sp³-hybridized carbons (Fsp3) is 0.667. The first-order chi connectivity index (χ1) is 9.67. The first-order valence-corrected chi connectivity index (χ1v) is 9.48. The molecular formula is C15H23N3S2. The van der Waals surface area contributed by atoms with Gasteiger partial charge in [0.25, 0.3) is 0 Å². The third-order valence-corrected chi connectivity index (χ3v) is 6.34. The lowest BCUT2D eigenvalue weighted by atomic mass is 9.95. The fourth-order valence-corrected chi connectivity index (χ4v) is 4.70. The van der Waals surface area contributed by atoms with Crippen molar-refractivity contribution in [2.45, 2.75) is 57.4 Å². The molecule has 5 heteroatoms. The SMILES string of the molecule is CSC1CCC(NCc2c(C)nc3sc(C)cn23)CC1. The number of thioether (sulfide) groups is 1. The number of fused-ring (bicyclic) bond motifs is 1. The molecule has 0 radical (unpaired) electrons. The summed E-state index contributed by atoms with van der Waals surface area (Å²) in [6.45, 7) is 5.21. The maximum atomic E-state index is 4.66. The Hall–Kier alpha value is -0.520. The van der Waals surface area contributed by atoms with Crippen LogP contribution in [0.15, 0.2) is 6.20 Å². The van der Waals surface area contributed by atoms with E-state index < -0.39 is 0 Å². The molecule has 3 nitrogen and oxygen atoms in total. The maximum absolute atomic E-state index is 4.66. The van der Waals surface area contributed by atoms with Crippen molar-refractivity contribution >= 4 is 28.1 Å². The summed E-state index contributed by atoms with van der Waals surface area (Å²) >= 11 is 3.80. The molecule has 1 aliphatic rings. The van der Waals surface area contributed by atoms with Crippen LogP contribution in [0.2, 0.25) is 0 Å². The molecule has 0 aromatic carbocycles. The number of imidazole rings is 1. The van der Waals surface area contributed by atoms with Gasteiger partial charge < -0.3 is 5.32 Å². The quantitative estimate of drug-likeness (QED) is 0.932. The second-order valence-corrected chi connectivity index (χ2v) is 8.08. The van der Waals surface area contributed by atoms with Crippen molar-refractivity contribution in [2.75, 3.05) is 6.26 Å². The third-order valence-electron chi connectivity index (χ3n) is 4.31. The van der Waals surface area contributed by atoms with Crippen LogP contribution in [0.1, 0.15) is 41.9 Å². The highest BCUT2D eigenvalue weighted by atomic mass is 32.2. The number of aryl methyl sites for hydroxylation is 2. The first kappa shape index (κ1) is 14.4. The molecule has 0 spiro atoms. The second-order valence-electron chi connectivity index (χ2n) is 5.73. The fourth-order valence-electron chi connectivity index (χ4n) is 3.07. The van der Waals surface area contributed by atoms with Gasteiger partial charge in [0.1, 0.15) is 0 Å². The van der Waals surface area contributed by atoms with Gasteiger partial charge in [0.05, 0.1) is 11.4 Å². The highest BCUT2D eigenvalue weighted by Gasteiger charge is 2.20. The standard InChI is InChI=1S/C15H23N3S2/c1-10-9-18-14(11(2)17-15(18)20-10)8-16-12-4-6-13(19-3)7-5-12/h9,12-13,16H,4-8H2,1-3H3. The topological polar surface area (TPSA) is 29.3 Å². The number of hydrogen-bond donors (Lipinski definition) is 1. The molecule has 2 aromatic rings. The van der Waals surface area contributed by atoms with Crippen LogP contribution < -0.4 is 5.32 Å². The highest BCUT2D eigenvalue weighted by Crippen LogP contribution is 2.27. The zero-order valence-electron chi connectivity index (χ0n) is 12.5. The third kappa shape index (κ3) is 2.90. The van der Waals surface area contributed by atoms with Gasteiger partial charge in [-0.25, -0.2) is 4.98 Å². The van der Waals surface area contributed by atoms with Gasteiger partial charge in [0, 0.05) is 28.9 Å². The number of rotatable bonds is 4. The van der Waals surface area contributed by atoms with Crippen molar-refractivity contribution in [3.05, 3.63) is 22.5 Å². The van der Waals surface area contributed by atoms with Gasteiger partial charge in [-0.2, -0.15) is 11.8 Å². The van der Waals surface area contributed by atoms with Gasteiger partial charge in [0.2, 0.25) is 0 Å². The number of nitrogens with one attached hydrogen (secondary N) is 1. The summed E-state index contributed by atoms with van der Waals surface area (Å²) < 4.78 is 2.26. The average molecular weight is 310 g/mol. The van der Waals surface area contributed by atoms with Gasteiger partial charge in [-0.3, -0.25) is 4.40 Å². The monoisotopic (exact) mass is 309 g/mol. The molecular weight excluding hydrogens is 286 g/mol. The number of nitrogens with zero attached hydrogens (tertiary/aromatic N) is 2. The van der Waals surface area contributed by atoms with Gasteiger partial charge >= 0.3 is 0 Å². The average Bonchev–Trinajstić information content (AvgIpc) is 2.92. The van der Waals surface area contributed by atoms with E-state index in [1.165, 1.54) is 41.9 Å². The Balaban J connectivity index is 1.64. The highest BCUT2D eigenvalue weighted by molar-refractivity contribution is 7.99. The minimum atomic E-state index is 0.683. The van der Waals surface area contributed by atoms with Crippen LogP contribution in [0.25, 0.3) is 4.96 Å². The van der Waals surface area contributed by atoms with Crippen LogP contribution in [0.5, 0.6) is 0 Å². The second kappa shape index (κ2) is 6.08. The van der Waals surface area contributed by atoms with Gasteiger partial charge in [-0.05, 0) is 45.8 Å². The molecule has 1 fully saturated rings. The van der Waals surface area contributed by atoms with E-state index in [0.29, 0.717) is 6.04 Å². The summed E-state index contributed by atoms with van der Waals surface area (Å²) in [5.41, 5.74) is 2.50. The number of aromatic nitrogens is 2. The molecule has 0 amide bonds. The molecule has 110 valence electrons. The molecule has 0 atom stereocenters. The maximum Gasteiger partial charge on any atom is 0.194 e. The van der Waals surface area contributed by atoms with E-state index in [1.807, 2.05) is 11.8 Å². The summed E-state index contributed by atoms with van der Waals surface area (Å²) in [6, 6.07) is 0.683. The molecule has 2 aromatic heterocycles. The Morgan fingerprint density at radius 3 is 2.80 bits per heavy atom. The Bertz CT molecular complexity index is 579. The molecule has 1 saturated carbocycles. The normalized spacial score (nSPS) is 23.6. The van der Waals surface area contributed by atoms with E-state index in [4.69, 9.17) is 0 Å². The lowest BCUT2D eigenvalue weighted by Gasteiger charge is -2.28. The van der Waals surface area contributed by atoms with Crippen molar-refractivity contribution in [2.24, 2.45) is 0 Å². The first-order valence-electron chi connectivity index (χ1n) is 7.37. The van der Waals surface area contributed by atoms with E-state index in [-0.39, 0.29) is 0 Å². The van der Waals surface area contributed by atoms with Crippen LogP contribution in [0, 0.1) is 13.8 Å². The summed E-state index contributed by atoms with van der Waals surface area (Å²) in [4.78, 5) is 7.12. The Morgan fingerprint density at radius 2 is 2.10 bits per heavy atom. The minimum absolute atomic E-state index is 0.683. The molecule has 2 heterocycles. The molecule has 1 N–H and O–H groups in total. The summed E-state index contributed by atoms with van der Waals surface area (Å²) in [6.07, 6.45) is 9.80. The van der Waals surface area contributed by atoms with Crippen LogP contribution in [0.3, 0.4) is 0 Å². The smallest absolute Gasteiger partial charge is 0.194 e. The molecule has 1 aliphatic carbocycles. The molecule has 0 bridgehead atoms. The Labute approximate surface area is 129 Å². The lowest BCUT2D eigenvalue weighted by molar-refractivity contribution is 0.377. The van der Waals surface area contributed by atoms with Crippen molar-refractivity contribution in [1.82, 2.24) is 14.7 Å². The summed E-state index contributed by atoms with van der Waals surface area (Å²) in [7, 11) is 0. The predicted molar refractivity (Wildman–Crippen MR) is 88.9 cm³/mol. The number of thiazole rings is 1. The van der Waals surface area contributed by atoms with Crippen molar-refractivity contribution < 1.29 is 0 Å². The van der Waals surface area contributed by atoms with Crippen LogP contribution in [-0.4, -0.2) is 26.9 Å².